The first kappa shape index (κ1) is 17.3. The van der Waals surface area contributed by atoms with Crippen LogP contribution in [-0.4, -0.2) is 51.9 Å². The van der Waals surface area contributed by atoms with Gasteiger partial charge in [-0.1, -0.05) is 0 Å². The van der Waals surface area contributed by atoms with E-state index in [1.165, 1.54) is 14.2 Å². The Morgan fingerprint density at radius 2 is 2.10 bits per heavy atom. The Balaban J connectivity index is 2.93. The molecule has 0 radical (unpaired) electrons. The average Bonchev–Trinajstić information content (AvgIpc) is 2.43. The summed E-state index contributed by atoms with van der Waals surface area (Å²) in [5.41, 5.74) is -0.682. The molecule has 0 aromatic heterocycles. The third-order valence-corrected chi connectivity index (χ3v) is 4.06. The zero-order chi connectivity index (χ0) is 16.0. The van der Waals surface area contributed by atoms with Gasteiger partial charge < -0.3 is 14.6 Å². The minimum atomic E-state index is -3.96. The van der Waals surface area contributed by atoms with Gasteiger partial charge in [-0.05, 0) is 12.1 Å². The maximum absolute atomic E-state index is 12.0. The van der Waals surface area contributed by atoms with E-state index in [1.807, 2.05) is 0 Å². The lowest BCUT2D eigenvalue weighted by Gasteiger charge is -2.15. The van der Waals surface area contributed by atoms with Crippen molar-refractivity contribution in [1.82, 2.24) is 4.72 Å². The van der Waals surface area contributed by atoms with Crippen molar-refractivity contribution in [2.24, 2.45) is 0 Å². The van der Waals surface area contributed by atoms with E-state index in [-0.39, 0.29) is 18.0 Å². The van der Waals surface area contributed by atoms with Gasteiger partial charge >= 0.3 is 5.69 Å². The van der Waals surface area contributed by atoms with Gasteiger partial charge in [0.25, 0.3) is 0 Å². The summed E-state index contributed by atoms with van der Waals surface area (Å²) >= 11 is 0. The number of hydrogen-bond acceptors (Lipinski definition) is 7. The number of phenols is 1. The molecule has 0 saturated carbocycles. The monoisotopic (exact) mass is 320 g/mol. The molecule has 0 aliphatic carbocycles. The van der Waals surface area contributed by atoms with Gasteiger partial charge in [0.05, 0.1) is 22.5 Å². The van der Waals surface area contributed by atoms with Gasteiger partial charge in [-0.3, -0.25) is 10.1 Å². The molecule has 1 aromatic carbocycles. The number of aromatic hydroxyl groups is 1. The van der Waals surface area contributed by atoms with Gasteiger partial charge in [-0.25, -0.2) is 13.1 Å². The van der Waals surface area contributed by atoms with Crippen LogP contribution in [0.15, 0.2) is 23.1 Å². The molecule has 0 aliphatic heterocycles. The quantitative estimate of drug-likeness (QED) is 0.518. The van der Waals surface area contributed by atoms with E-state index >= 15 is 0 Å². The number of nitro benzene ring substituents is 1. The third-order valence-electron chi connectivity index (χ3n) is 2.64. The smallest absolute Gasteiger partial charge is 0.312 e. The highest BCUT2D eigenvalue weighted by Gasteiger charge is 2.22. The molecular weight excluding hydrogens is 304 g/mol. The van der Waals surface area contributed by atoms with Crippen molar-refractivity contribution in [3.05, 3.63) is 28.3 Å². The summed E-state index contributed by atoms with van der Waals surface area (Å²) in [6.45, 7) is 0.135. The van der Waals surface area contributed by atoms with Crippen molar-refractivity contribution in [3.8, 4) is 5.75 Å². The molecule has 0 spiro atoms. The van der Waals surface area contributed by atoms with Crippen LogP contribution < -0.4 is 4.72 Å². The van der Waals surface area contributed by atoms with Gasteiger partial charge in [-0.2, -0.15) is 0 Å². The van der Waals surface area contributed by atoms with Gasteiger partial charge in [0.15, 0.2) is 5.75 Å². The fourth-order valence-electron chi connectivity index (χ4n) is 1.50. The normalized spacial score (nSPS) is 13.0. The van der Waals surface area contributed by atoms with Gasteiger partial charge in [0.2, 0.25) is 10.0 Å². The van der Waals surface area contributed by atoms with Crippen LogP contribution in [0, 0.1) is 10.1 Å². The molecule has 1 aromatic rings. The predicted octanol–water partition coefficient (Wildman–Crippen LogP) is 0.240. The second-order valence-electron chi connectivity index (χ2n) is 4.07. The fourth-order valence-corrected chi connectivity index (χ4v) is 2.58. The van der Waals surface area contributed by atoms with Crippen molar-refractivity contribution < 1.29 is 27.9 Å². The third kappa shape index (κ3) is 4.63. The molecule has 0 saturated heterocycles. The first-order valence-corrected chi connectivity index (χ1v) is 7.29. The predicted molar refractivity (Wildman–Crippen MR) is 72.6 cm³/mol. The number of sulfonamides is 1. The number of nitrogens with one attached hydrogen (secondary N) is 1. The Morgan fingerprint density at radius 1 is 1.43 bits per heavy atom. The van der Waals surface area contributed by atoms with Crippen molar-refractivity contribution in [3.63, 3.8) is 0 Å². The molecule has 118 valence electrons. The highest BCUT2D eigenvalue weighted by atomic mass is 32.2. The number of nitro groups is 1. The molecule has 2 N–H and O–H groups in total. The molecule has 21 heavy (non-hydrogen) atoms. The lowest BCUT2D eigenvalue weighted by atomic mass is 10.3. The number of methoxy groups -OCH3 is 2. The Labute approximate surface area is 121 Å². The maximum Gasteiger partial charge on any atom is 0.312 e. The Morgan fingerprint density at radius 3 is 2.62 bits per heavy atom. The standard InChI is InChI=1S/C11H16N2O7S/c1-19-7-8(20-2)6-12-21(17,18)9-3-4-11(14)10(5-9)13(15)16/h3-5,8,12,14H,6-7H2,1-2H3. The van der Waals surface area contributed by atoms with Crippen molar-refractivity contribution in [2.45, 2.75) is 11.0 Å². The number of nitrogens with zero attached hydrogens (tertiary/aromatic N) is 1. The molecule has 0 heterocycles. The largest absolute Gasteiger partial charge is 0.502 e. The van der Waals surface area contributed by atoms with Crippen molar-refractivity contribution >= 4 is 15.7 Å². The highest BCUT2D eigenvalue weighted by Crippen LogP contribution is 2.28. The van der Waals surface area contributed by atoms with Crippen LogP contribution in [0.1, 0.15) is 0 Å². The van der Waals surface area contributed by atoms with E-state index in [9.17, 15) is 23.6 Å². The molecule has 1 atom stereocenters. The first-order chi connectivity index (χ1) is 9.81. The SMILES string of the molecule is COCC(CNS(=O)(=O)c1ccc(O)c([N+](=O)[O-])c1)OC. The first-order valence-electron chi connectivity index (χ1n) is 5.80. The number of rotatable bonds is 8. The molecule has 9 nitrogen and oxygen atoms in total. The molecule has 10 heteroatoms. The average molecular weight is 320 g/mol. The van der Waals surface area contributed by atoms with E-state index < -0.39 is 32.5 Å². The number of benzene rings is 1. The zero-order valence-corrected chi connectivity index (χ0v) is 12.3. The minimum Gasteiger partial charge on any atom is -0.502 e. The fraction of sp³-hybridized carbons (Fsp3) is 0.455. The molecule has 0 fully saturated rings. The summed E-state index contributed by atoms with van der Waals surface area (Å²) in [5.74, 6) is -0.604. The Kier molecular flexibility index (Phi) is 6.03. The van der Waals surface area contributed by atoms with Gasteiger partial charge in [0.1, 0.15) is 0 Å². The van der Waals surface area contributed by atoms with Crippen LogP contribution in [0.3, 0.4) is 0 Å². The van der Waals surface area contributed by atoms with Crippen LogP contribution in [0.25, 0.3) is 0 Å². The van der Waals surface area contributed by atoms with Gasteiger partial charge in [0, 0.05) is 26.8 Å². The lowest BCUT2D eigenvalue weighted by Crippen LogP contribution is -2.35. The molecule has 0 bridgehead atoms. The Bertz CT molecular complexity index is 603. The Hall–Kier alpha value is -1.75. The highest BCUT2D eigenvalue weighted by molar-refractivity contribution is 7.89. The zero-order valence-electron chi connectivity index (χ0n) is 11.5. The molecule has 1 rings (SSSR count). The summed E-state index contributed by atoms with van der Waals surface area (Å²) in [4.78, 5) is 9.51. The molecule has 1 unspecified atom stereocenters. The number of hydrogen-bond donors (Lipinski definition) is 2. The van der Waals surface area contributed by atoms with E-state index in [4.69, 9.17) is 9.47 Å². The summed E-state index contributed by atoms with van der Waals surface area (Å²) in [7, 11) is -1.10. The van der Waals surface area contributed by atoms with E-state index in [2.05, 4.69) is 4.72 Å². The van der Waals surface area contributed by atoms with Crippen LogP contribution in [0.4, 0.5) is 5.69 Å². The topological polar surface area (TPSA) is 128 Å². The van der Waals surface area contributed by atoms with Crippen LogP contribution >= 0.6 is 0 Å². The summed E-state index contributed by atoms with van der Waals surface area (Å²) in [5, 5.41) is 20.0. The molecule has 0 aliphatic rings. The van der Waals surface area contributed by atoms with Crippen molar-refractivity contribution in [2.75, 3.05) is 27.4 Å². The minimum absolute atomic E-state index is 0.0542. The summed E-state index contributed by atoms with van der Waals surface area (Å²) in [6.07, 6.45) is -0.489. The van der Waals surface area contributed by atoms with Crippen molar-refractivity contribution in [1.29, 1.82) is 0 Å². The maximum atomic E-state index is 12.0. The van der Waals surface area contributed by atoms with Crippen LogP contribution in [-0.2, 0) is 19.5 Å². The molecular formula is C11H16N2O7S. The number of phenolic OH excluding ortho intramolecular Hbond substituents is 1. The number of ether oxygens (including phenoxy) is 2. The van der Waals surface area contributed by atoms with Crippen LogP contribution in [0.2, 0.25) is 0 Å². The summed E-state index contributed by atoms with van der Waals surface area (Å²) < 4.78 is 36.2. The van der Waals surface area contributed by atoms with E-state index in [0.717, 1.165) is 18.2 Å². The van der Waals surface area contributed by atoms with E-state index in [1.54, 1.807) is 0 Å². The molecule has 0 amide bonds. The van der Waals surface area contributed by atoms with E-state index in [0.29, 0.717) is 0 Å². The second kappa shape index (κ2) is 7.31. The second-order valence-corrected chi connectivity index (χ2v) is 5.84. The summed E-state index contributed by atoms with van der Waals surface area (Å²) in [6, 6.07) is 2.81. The van der Waals surface area contributed by atoms with Crippen LogP contribution in [0.5, 0.6) is 5.75 Å². The lowest BCUT2D eigenvalue weighted by molar-refractivity contribution is -0.386. The van der Waals surface area contributed by atoms with Gasteiger partial charge in [-0.15, -0.1) is 0 Å².